The lowest BCUT2D eigenvalue weighted by Gasteiger charge is -2.29. The molecule has 0 aromatic heterocycles. The number of nitrogens with zero attached hydrogens (tertiary/aromatic N) is 1. The summed E-state index contributed by atoms with van der Waals surface area (Å²) in [4.78, 5) is 15.0. The zero-order valence-corrected chi connectivity index (χ0v) is 14.1. The second-order valence-electron chi connectivity index (χ2n) is 7.09. The van der Waals surface area contributed by atoms with Crippen molar-refractivity contribution in [2.24, 2.45) is 17.6 Å². The summed E-state index contributed by atoms with van der Waals surface area (Å²) in [5.41, 5.74) is 7.90. The summed E-state index contributed by atoms with van der Waals surface area (Å²) in [6.45, 7) is 0.613. The van der Waals surface area contributed by atoms with Crippen LogP contribution in [0.2, 0.25) is 0 Å². The molecule has 0 spiro atoms. The molecule has 0 aliphatic heterocycles. The topological polar surface area (TPSA) is 58.4 Å². The highest BCUT2D eigenvalue weighted by Gasteiger charge is 2.32. The van der Waals surface area contributed by atoms with Crippen LogP contribution in [0.1, 0.15) is 44.9 Å². The molecule has 0 heterocycles. The molecule has 1 aromatic rings. The van der Waals surface area contributed by atoms with Crippen LogP contribution < -0.4 is 16.0 Å². The molecule has 3 rings (SSSR count). The second kappa shape index (κ2) is 7.35. The number of carbonyl (C=O) groups excluding carboxylic acids is 1. The Labute approximate surface area is 139 Å². The van der Waals surface area contributed by atoms with Crippen molar-refractivity contribution in [3.8, 4) is 0 Å². The summed E-state index contributed by atoms with van der Waals surface area (Å²) in [5.74, 6) is 0.560. The average molecular weight is 315 g/mol. The Morgan fingerprint density at radius 1 is 1.17 bits per heavy atom. The molecule has 126 valence electrons. The number of carbonyl (C=O) groups is 1. The number of amides is 1. The highest BCUT2D eigenvalue weighted by atomic mass is 16.1. The maximum atomic E-state index is 12.7. The van der Waals surface area contributed by atoms with Gasteiger partial charge in [0.15, 0.2) is 0 Å². The lowest BCUT2D eigenvalue weighted by atomic mass is 9.95. The normalized spacial score (nSPS) is 24.8. The van der Waals surface area contributed by atoms with Crippen LogP contribution >= 0.6 is 0 Å². The van der Waals surface area contributed by atoms with E-state index in [-0.39, 0.29) is 11.8 Å². The van der Waals surface area contributed by atoms with E-state index in [9.17, 15) is 4.79 Å². The quantitative estimate of drug-likeness (QED) is 0.876. The first-order valence-corrected chi connectivity index (χ1v) is 9.03. The van der Waals surface area contributed by atoms with Crippen LogP contribution in [0.15, 0.2) is 24.3 Å². The minimum absolute atomic E-state index is 0.0739. The van der Waals surface area contributed by atoms with E-state index in [1.165, 1.54) is 25.7 Å². The monoisotopic (exact) mass is 315 g/mol. The lowest BCUT2D eigenvalue weighted by molar-refractivity contribution is -0.120. The third-order valence-corrected chi connectivity index (χ3v) is 5.71. The molecule has 0 radical (unpaired) electrons. The molecular weight excluding hydrogens is 286 g/mol. The predicted molar refractivity (Wildman–Crippen MR) is 95.6 cm³/mol. The van der Waals surface area contributed by atoms with Crippen molar-refractivity contribution in [3.63, 3.8) is 0 Å². The van der Waals surface area contributed by atoms with E-state index in [0.29, 0.717) is 18.5 Å². The molecule has 2 aliphatic carbocycles. The number of hydrogen-bond donors (Lipinski definition) is 2. The molecular formula is C19H29N3O. The molecule has 2 atom stereocenters. The Bertz CT molecular complexity index is 539. The van der Waals surface area contributed by atoms with Gasteiger partial charge >= 0.3 is 0 Å². The Hall–Kier alpha value is -1.55. The molecule has 0 bridgehead atoms. The maximum Gasteiger partial charge on any atom is 0.227 e. The molecule has 0 unspecified atom stereocenters. The Balaban J connectivity index is 1.73. The van der Waals surface area contributed by atoms with Crippen LogP contribution in [-0.4, -0.2) is 25.5 Å². The Morgan fingerprint density at radius 3 is 2.65 bits per heavy atom. The van der Waals surface area contributed by atoms with E-state index in [4.69, 9.17) is 5.73 Å². The minimum Gasteiger partial charge on any atom is -0.370 e. The number of anilines is 2. The van der Waals surface area contributed by atoms with Crippen LogP contribution in [0.5, 0.6) is 0 Å². The maximum absolute atomic E-state index is 12.7. The van der Waals surface area contributed by atoms with Gasteiger partial charge in [0.25, 0.3) is 0 Å². The zero-order chi connectivity index (χ0) is 16.2. The first-order chi connectivity index (χ1) is 11.2. The van der Waals surface area contributed by atoms with Crippen molar-refractivity contribution in [2.45, 2.75) is 51.0 Å². The Morgan fingerprint density at radius 2 is 1.91 bits per heavy atom. The molecule has 1 aromatic carbocycles. The highest BCUT2D eigenvalue weighted by molar-refractivity contribution is 5.96. The van der Waals surface area contributed by atoms with Gasteiger partial charge in [-0.3, -0.25) is 4.79 Å². The summed E-state index contributed by atoms with van der Waals surface area (Å²) in [5, 5.41) is 3.18. The van der Waals surface area contributed by atoms with Crippen molar-refractivity contribution in [1.82, 2.24) is 0 Å². The summed E-state index contributed by atoms with van der Waals surface area (Å²) in [7, 11) is 2.15. The molecule has 2 saturated carbocycles. The van der Waals surface area contributed by atoms with E-state index in [1.807, 2.05) is 12.1 Å². The number of nitrogens with two attached hydrogens (primary N) is 1. The van der Waals surface area contributed by atoms with Gasteiger partial charge in [-0.25, -0.2) is 0 Å². The lowest BCUT2D eigenvalue weighted by Crippen LogP contribution is -2.32. The van der Waals surface area contributed by atoms with E-state index < -0.39 is 0 Å². The highest BCUT2D eigenvalue weighted by Crippen LogP contribution is 2.35. The average Bonchev–Trinajstić information content (AvgIpc) is 3.26. The van der Waals surface area contributed by atoms with Crippen LogP contribution in [0.4, 0.5) is 11.4 Å². The first kappa shape index (κ1) is 16.3. The summed E-state index contributed by atoms with van der Waals surface area (Å²) >= 11 is 0. The van der Waals surface area contributed by atoms with Crippen LogP contribution in [0.3, 0.4) is 0 Å². The molecule has 1 amide bonds. The Kier molecular flexibility index (Phi) is 5.21. The summed E-state index contributed by atoms with van der Waals surface area (Å²) in [6, 6.07) is 8.77. The van der Waals surface area contributed by atoms with Gasteiger partial charge in [-0.15, -0.1) is 0 Å². The number of rotatable bonds is 5. The van der Waals surface area contributed by atoms with Crippen molar-refractivity contribution in [2.75, 3.05) is 23.8 Å². The SMILES string of the molecule is CN(c1ccccc1NC(=O)[C@@H]1CCC[C@@H]1CN)C1CCCC1. The van der Waals surface area contributed by atoms with E-state index in [1.54, 1.807) is 0 Å². The van der Waals surface area contributed by atoms with Gasteiger partial charge < -0.3 is 16.0 Å². The van der Waals surface area contributed by atoms with Gasteiger partial charge in [0.2, 0.25) is 5.91 Å². The summed E-state index contributed by atoms with van der Waals surface area (Å²) in [6.07, 6.45) is 8.27. The minimum atomic E-state index is 0.0739. The first-order valence-electron chi connectivity index (χ1n) is 9.03. The van der Waals surface area contributed by atoms with Gasteiger partial charge in [0.1, 0.15) is 0 Å². The molecule has 0 saturated heterocycles. The number of hydrogen-bond acceptors (Lipinski definition) is 3. The van der Waals surface area contributed by atoms with Gasteiger partial charge in [-0.2, -0.15) is 0 Å². The fourth-order valence-corrected chi connectivity index (χ4v) is 4.26. The predicted octanol–water partition coefficient (Wildman–Crippen LogP) is 3.38. The van der Waals surface area contributed by atoms with Crippen molar-refractivity contribution in [3.05, 3.63) is 24.3 Å². The number of nitrogens with one attached hydrogen (secondary N) is 1. The fourth-order valence-electron chi connectivity index (χ4n) is 4.26. The summed E-state index contributed by atoms with van der Waals surface area (Å²) < 4.78 is 0. The van der Waals surface area contributed by atoms with Gasteiger partial charge in [0.05, 0.1) is 11.4 Å². The largest absolute Gasteiger partial charge is 0.370 e. The van der Waals surface area contributed by atoms with E-state index >= 15 is 0 Å². The molecule has 23 heavy (non-hydrogen) atoms. The second-order valence-corrected chi connectivity index (χ2v) is 7.09. The van der Waals surface area contributed by atoms with Crippen molar-refractivity contribution < 1.29 is 4.79 Å². The number of benzene rings is 1. The van der Waals surface area contributed by atoms with Crippen LogP contribution in [-0.2, 0) is 4.79 Å². The molecule has 2 aliphatic rings. The van der Waals surface area contributed by atoms with Crippen LogP contribution in [0, 0.1) is 11.8 Å². The van der Waals surface area contributed by atoms with Crippen molar-refractivity contribution in [1.29, 1.82) is 0 Å². The van der Waals surface area contributed by atoms with E-state index in [0.717, 1.165) is 30.6 Å². The molecule has 2 fully saturated rings. The van der Waals surface area contributed by atoms with Crippen molar-refractivity contribution >= 4 is 17.3 Å². The number of para-hydroxylation sites is 2. The fraction of sp³-hybridized carbons (Fsp3) is 0.632. The third kappa shape index (κ3) is 3.52. The molecule has 3 N–H and O–H groups in total. The zero-order valence-electron chi connectivity index (χ0n) is 14.1. The molecule has 4 heteroatoms. The smallest absolute Gasteiger partial charge is 0.227 e. The standard InChI is InChI=1S/C19H29N3O/c1-22(15-8-2-3-9-15)18-12-5-4-11-17(18)21-19(23)16-10-6-7-14(16)13-20/h4-5,11-12,14-16H,2-3,6-10,13,20H2,1H3,(H,21,23)/t14-,16-/m1/s1. The molecule has 4 nitrogen and oxygen atoms in total. The third-order valence-electron chi connectivity index (χ3n) is 5.71. The van der Waals surface area contributed by atoms with Gasteiger partial charge in [0, 0.05) is 19.0 Å². The van der Waals surface area contributed by atoms with E-state index in [2.05, 4.69) is 29.4 Å². The van der Waals surface area contributed by atoms with Crippen LogP contribution in [0.25, 0.3) is 0 Å². The van der Waals surface area contributed by atoms with Gasteiger partial charge in [-0.1, -0.05) is 31.4 Å². The van der Waals surface area contributed by atoms with Gasteiger partial charge in [-0.05, 0) is 50.3 Å².